The van der Waals surface area contributed by atoms with Crippen molar-refractivity contribution in [2.24, 2.45) is 0 Å². The average Bonchev–Trinajstić information content (AvgIpc) is 3.06. The van der Waals surface area contributed by atoms with Gasteiger partial charge in [-0.1, -0.05) is 0 Å². The summed E-state index contributed by atoms with van der Waals surface area (Å²) in [7, 11) is 1.63. The van der Waals surface area contributed by atoms with Crippen molar-refractivity contribution in [1.29, 1.82) is 0 Å². The fourth-order valence-corrected chi connectivity index (χ4v) is 2.32. The van der Waals surface area contributed by atoms with Crippen LogP contribution in [0.4, 0.5) is 0 Å². The number of carbonyl (C=O) groups excluding carboxylic acids is 2. The van der Waals surface area contributed by atoms with E-state index in [0.29, 0.717) is 38.3 Å². The number of amides is 2. The topological polar surface area (TPSA) is 71.8 Å². The van der Waals surface area contributed by atoms with Crippen LogP contribution in [0.1, 0.15) is 25.0 Å². The zero-order valence-corrected chi connectivity index (χ0v) is 11.6. The minimum Gasteiger partial charge on any atom is -0.467 e. The molecule has 1 aliphatic rings. The van der Waals surface area contributed by atoms with Crippen LogP contribution in [-0.2, 0) is 20.9 Å². The molecule has 1 fully saturated rings. The highest BCUT2D eigenvalue weighted by Gasteiger charge is 2.36. The number of nitrogens with one attached hydrogen (secondary N) is 1. The lowest BCUT2D eigenvalue weighted by molar-refractivity contribution is -0.136. The van der Waals surface area contributed by atoms with E-state index in [-0.39, 0.29) is 11.8 Å². The van der Waals surface area contributed by atoms with Crippen molar-refractivity contribution in [1.82, 2.24) is 10.2 Å². The Morgan fingerprint density at radius 3 is 3.15 bits per heavy atom. The number of nitrogens with zero attached hydrogens (tertiary/aromatic N) is 1. The predicted molar refractivity (Wildman–Crippen MR) is 71.8 cm³/mol. The van der Waals surface area contributed by atoms with Gasteiger partial charge < -0.3 is 19.4 Å². The van der Waals surface area contributed by atoms with Crippen LogP contribution in [0.3, 0.4) is 0 Å². The number of rotatable bonds is 7. The summed E-state index contributed by atoms with van der Waals surface area (Å²) in [5.74, 6) is 0.592. The Balaban J connectivity index is 1.88. The molecule has 2 rings (SSSR count). The summed E-state index contributed by atoms with van der Waals surface area (Å²) in [6.07, 6.45) is 3.31. The minimum absolute atomic E-state index is 0.00144. The Labute approximate surface area is 118 Å². The summed E-state index contributed by atoms with van der Waals surface area (Å²) in [4.78, 5) is 25.6. The smallest absolute Gasteiger partial charge is 0.242 e. The quantitative estimate of drug-likeness (QED) is 0.754. The van der Waals surface area contributed by atoms with Crippen molar-refractivity contribution in [3.05, 3.63) is 24.2 Å². The Hall–Kier alpha value is -1.82. The summed E-state index contributed by atoms with van der Waals surface area (Å²) in [6.45, 7) is 1.52. The lowest BCUT2D eigenvalue weighted by Gasteiger charge is -2.23. The highest BCUT2D eigenvalue weighted by Crippen LogP contribution is 2.21. The lowest BCUT2D eigenvalue weighted by Crippen LogP contribution is -2.44. The molecule has 6 nitrogen and oxygen atoms in total. The van der Waals surface area contributed by atoms with Gasteiger partial charge in [-0.25, -0.2) is 0 Å². The van der Waals surface area contributed by atoms with E-state index < -0.39 is 6.04 Å². The van der Waals surface area contributed by atoms with Gasteiger partial charge in [0.1, 0.15) is 11.8 Å². The van der Waals surface area contributed by atoms with Gasteiger partial charge in [-0.2, -0.15) is 0 Å². The second-order valence-corrected chi connectivity index (χ2v) is 4.79. The molecule has 0 aromatic carbocycles. The Bertz CT molecular complexity index is 444. The summed E-state index contributed by atoms with van der Waals surface area (Å²) in [5, 5.41) is 2.85. The molecule has 1 aromatic heterocycles. The molecule has 1 atom stereocenters. The summed E-state index contributed by atoms with van der Waals surface area (Å²) >= 11 is 0. The van der Waals surface area contributed by atoms with Crippen molar-refractivity contribution in [2.75, 3.05) is 20.3 Å². The highest BCUT2D eigenvalue weighted by molar-refractivity contribution is 5.90. The summed E-state index contributed by atoms with van der Waals surface area (Å²) in [6, 6.07) is 3.18. The zero-order valence-electron chi connectivity index (χ0n) is 11.6. The van der Waals surface area contributed by atoms with Gasteiger partial charge in [0, 0.05) is 26.7 Å². The minimum atomic E-state index is -0.393. The van der Waals surface area contributed by atoms with Crippen LogP contribution in [0.2, 0.25) is 0 Å². The molecule has 1 aromatic rings. The molecule has 2 amide bonds. The monoisotopic (exact) mass is 280 g/mol. The van der Waals surface area contributed by atoms with Crippen molar-refractivity contribution in [2.45, 2.75) is 31.8 Å². The van der Waals surface area contributed by atoms with Crippen LogP contribution in [0.15, 0.2) is 22.8 Å². The van der Waals surface area contributed by atoms with E-state index in [1.54, 1.807) is 30.4 Å². The van der Waals surface area contributed by atoms with E-state index in [4.69, 9.17) is 9.15 Å². The van der Waals surface area contributed by atoms with E-state index in [9.17, 15) is 9.59 Å². The predicted octanol–water partition coefficient (Wildman–Crippen LogP) is 0.923. The Morgan fingerprint density at radius 1 is 1.60 bits per heavy atom. The highest BCUT2D eigenvalue weighted by atomic mass is 16.5. The molecule has 110 valence electrons. The maximum absolute atomic E-state index is 12.1. The third-order valence-corrected chi connectivity index (χ3v) is 3.36. The fourth-order valence-electron chi connectivity index (χ4n) is 2.32. The molecule has 0 radical (unpaired) electrons. The van der Waals surface area contributed by atoms with Crippen LogP contribution in [-0.4, -0.2) is 43.0 Å². The van der Waals surface area contributed by atoms with Crippen LogP contribution in [0.5, 0.6) is 0 Å². The average molecular weight is 280 g/mol. The third kappa shape index (κ3) is 3.60. The number of methoxy groups -OCH3 is 1. The number of hydrogen-bond donors (Lipinski definition) is 1. The molecule has 0 bridgehead atoms. The maximum Gasteiger partial charge on any atom is 0.242 e. The van der Waals surface area contributed by atoms with Crippen LogP contribution < -0.4 is 5.32 Å². The number of ether oxygens (including phenoxy) is 1. The van der Waals surface area contributed by atoms with E-state index in [1.807, 2.05) is 0 Å². The van der Waals surface area contributed by atoms with Gasteiger partial charge >= 0.3 is 0 Å². The summed E-state index contributed by atoms with van der Waals surface area (Å²) in [5.41, 5.74) is 0. The molecule has 2 heterocycles. The number of hydrogen-bond acceptors (Lipinski definition) is 4. The Kier molecular flexibility index (Phi) is 5.17. The third-order valence-electron chi connectivity index (χ3n) is 3.36. The first-order valence-electron chi connectivity index (χ1n) is 6.81. The van der Waals surface area contributed by atoms with Gasteiger partial charge in [-0.3, -0.25) is 9.59 Å². The van der Waals surface area contributed by atoms with Crippen molar-refractivity contribution >= 4 is 11.8 Å². The first-order chi connectivity index (χ1) is 9.72. The zero-order chi connectivity index (χ0) is 14.4. The van der Waals surface area contributed by atoms with Crippen LogP contribution in [0, 0.1) is 0 Å². The normalized spacial score (nSPS) is 18.6. The number of carbonyl (C=O) groups is 2. The molecule has 1 saturated heterocycles. The largest absolute Gasteiger partial charge is 0.467 e. The Morgan fingerprint density at radius 2 is 2.45 bits per heavy atom. The molecular weight excluding hydrogens is 260 g/mol. The molecule has 0 saturated carbocycles. The molecule has 6 heteroatoms. The van der Waals surface area contributed by atoms with Crippen LogP contribution in [0.25, 0.3) is 0 Å². The molecule has 20 heavy (non-hydrogen) atoms. The van der Waals surface area contributed by atoms with Gasteiger partial charge in [0.2, 0.25) is 11.8 Å². The molecule has 0 aliphatic carbocycles. The molecule has 1 aliphatic heterocycles. The second-order valence-electron chi connectivity index (χ2n) is 4.79. The van der Waals surface area contributed by atoms with E-state index in [0.717, 1.165) is 6.42 Å². The lowest BCUT2D eigenvalue weighted by atomic mass is 10.2. The number of furan rings is 1. The van der Waals surface area contributed by atoms with Crippen LogP contribution >= 0.6 is 0 Å². The molecule has 1 N–H and O–H groups in total. The van der Waals surface area contributed by atoms with Gasteiger partial charge in [0.05, 0.1) is 12.8 Å². The fraction of sp³-hybridized carbons (Fsp3) is 0.571. The standard InChI is InChI=1S/C14H20N2O4/c1-19-8-3-7-15-14(18)12-5-6-13(17)16(12)10-11-4-2-9-20-11/h2,4,9,12H,3,5-8,10H2,1H3,(H,15,18). The van der Waals surface area contributed by atoms with Gasteiger partial charge in [-0.05, 0) is 25.0 Å². The van der Waals surface area contributed by atoms with Crippen molar-refractivity contribution < 1.29 is 18.7 Å². The van der Waals surface area contributed by atoms with Gasteiger partial charge in [0.15, 0.2) is 0 Å². The molecule has 1 unspecified atom stereocenters. The van der Waals surface area contributed by atoms with E-state index in [1.165, 1.54) is 0 Å². The maximum atomic E-state index is 12.1. The first kappa shape index (κ1) is 14.6. The SMILES string of the molecule is COCCCNC(=O)C1CCC(=O)N1Cc1ccco1. The van der Waals surface area contributed by atoms with Crippen molar-refractivity contribution in [3.63, 3.8) is 0 Å². The van der Waals surface area contributed by atoms with Crippen molar-refractivity contribution in [3.8, 4) is 0 Å². The van der Waals surface area contributed by atoms with Gasteiger partial charge in [0.25, 0.3) is 0 Å². The van der Waals surface area contributed by atoms with E-state index >= 15 is 0 Å². The second kappa shape index (κ2) is 7.09. The van der Waals surface area contributed by atoms with E-state index in [2.05, 4.69) is 5.32 Å². The first-order valence-corrected chi connectivity index (χ1v) is 6.81. The summed E-state index contributed by atoms with van der Waals surface area (Å²) < 4.78 is 10.2. The van der Waals surface area contributed by atoms with Gasteiger partial charge in [-0.15, -0.1) is 0 Å². The molecule has 0 spiro atoms. The number of likely N-dealkylation sites (tertiary alicyclic amines) is 1. The molecular formula is C14H20N2O4.